The Morgan fingerprint density at radius 2 is 0.850 bits per heavy atom. The summed E-state index contributed by atoms with van der Waals surface area (Å²) >= 11 is 0. The normalized spacial score (nSPS) is 11.0. The molecule has 0 radical (unpaired) electrons. The van der Waals surface area contributed by atoms with E-state index in [0.29, 0.717) is 22.7 Å². The summed E-state index contributed by atoms with van der Waals surface area (Å²) in [7, 11) is 0. The Hall–Kier alpha value is -6.11. The zero-order valence-corrected chi connectivity index (χ0v) is 20.3. The minimum absolute atomic E-state index is 0.205. The molecule has 0 bridgehead atoms. The fraction of sp³-hybridized carbons (Fsp3) is 0. The second-order valence-corrected chi connectivity index (χ2v) is 8.05. The second-order valence-electron chi connectivity index (χ2n) is 8.05. The summed E-state index contributed by atoms with van der Waals surface area (Å²) in [5, 5.41) is 62.2. The van der Waals surface area contributed by atoms with Gasteiger partial charge in [-0.3, -0.25) is 0 Å². The van der Waals surface area contributed by atoms with E-state index in [9.17, 15) is 34.8 Å². The van der Waals surface area contributed by atoms with Crippen LogP contribution in [0.1, 0.15) is 20.7 Å². The number of carboxylic acid groups (broad SMARTS) is 2. The number of anilines is 2. The Morgan fingerprint density at radius 1 is 0.525 bits per heavy atom. The predicted molar refractivity (Wildman–Crippen MR) is 139 cm³/mol. The Morgan fingerprint density at radius 3 is 1.20 bits per heavy atom. The minimum Gasteiger partial charge on any atom is -0.545 e. The molecule has 200 valence electrons. The van der Waals surface area contributed by atoms with E-state index in [4.69, 9.17) is 0 Å². The Labute approximate surface area is 225 Å². The van der Waals surface area contributed by atoms with Gasteiger partial charge in [-0.2, -0.15) is 20.5 Å². The number of amides is 2. The highest BCUT2D eigenvalue weighted by Gasteiger charge is 2.06. The summed E-state index contributed by atoms with van der Waals surface area (Å²) < 4.78 is 0. The van der Waals surface area contributed by atoms with E-state index in [-0.39, 0.29) is 11.4 Å². The van der Waals surface area contributed by atoms with Crippen molar-refractivity contribution in [1.82, 2.24) is 0 Å². The molecule has 0 aromatic heterocycles. The Balaban J connectivity index is 1.31. The zero-order chi connectivity index (χ0) is 28.6. The molecule has 0 heterocycles. The van der Waals surface area contributed by atoms with Gasteiger partial charge in [-0.1, -0.05) is 0 Å². The van der Waals surface area contributed by atoms with Crippen molar-refractivity contribution in [3.63, 3.8) is 0 Å². The lowest BCUT2D eigenvalue weighted by Gasteiger charge is -2.08. The summed E-state index contributed by atoms with van der Waals surface area (Å²) in [6, 6.07) is 19.6. The molecule has 4 N–H and O–H groups in total. The number of carboxylic acids is 2. The number of hydrogen-bond donors (Lipinski definition) is 4. The van der Waals surface area contributed by atoms with Crippen molar-refractivity contribution in [2.24, 2.45) is 20.5 Å². The molecule has 2 amide bonds. The smallest absolute Gasteiger partial charge is 0.323 e. The van der Waals surface area contributed by atoms with Gasteiger partial charge in [0.15, 0.2) is 0 Å². The third-order valence-electron chi connectivity index (χ3n) is 5.21. The molecule has 0 unspecified atom stereocenters. The quantitative estimate of drug-likeness (QED) is 0.239. The summed E-state index contributed by atoms with van der Waals surface area (Å²) in [5.41, 5.74) is 1.41. The molecule has 0 atom stereocenters. The maximum Gasteiger partial charge on any atom is 0.323 e. The fourth-order valence-corrected chi connectivity index (χ4v) is 3.25. The van der Waals surface area contributed by atoms with Gasteiger partial charge in [0.2, 0.25) is 0 Å². The van der Waals surface area contributed by atoms with Gasteiger partial charge in [-0.25, -0.2) is 4.79 Å². The molecule has 4 aromatic rings. The zero-order valence-electron chi connectivity index (χ0n) is 20.3. The number of nitrogens with one attached hydrogen (secondary N) is 2. The number of aromatic carboxylic acids is 2. The molecule has 4 rings (SSSR count). The maximum absolute atomic E-state index is 12.3. The molecule has 0 aliphatic heterocycles. The van der Waals surface area contributed by atoms with Crippen LogP contribution in [0.2, 0.25) is 0 Å². The van der Waals surface area contributed by atoms with Gasteiger partial charge in [0.25, 0.3) is 0 Å². The highest BCUT2D eigenvalue weighted by Crippen LogP contribution is 2.27. The molecule has 0 saturated carbocycles. The number of hydrogen-bond acceptors (Lipinski definition) is 11. The molecule has 0 aliphatic carbocycles. The van der Waals surface area contributed by atoms with Crippen molar-refractivity contribution >= 4 is 52.1 Å². The first-order valence-corrected chi connectivity index (χ1v) is 11.4. The number of carbonyl (C=O) groups excluding carboxylic acids is 3. The fourth-order valence-electron chi connectivity index (χ4n) is 3.25. The van der Waals surface area contributed by atoms with Crippen molar-refractivity contribution in [3.8, 4) is 11.5 Å². The first kappa shape index (κ1) is 26.9. The number of azo groups is 2. The number of nitrogens with zero attached hydrogens (tertiary/aromatic N) is 4. The van der Waals surface area contributed by atoms with Crippen molar-refractivity contribution in [2.75, 3.05) is 10.6 Å². The predicted octanol–water partition coefficient (Wildman–Crippen LogP) is 4.30. The van der Waals surface area contributed by atoms with Crippen LogP contribution in [0, 0.1) is 0 Å². The van der Waals surface area contributed by atoms with E-state index in [1.165, 1.54) is 24.3 Å². The van der Waals surface area contributed by atoms with Crippen molar-refractivity contribution in [3.05, 3.63) is 96.1 Å². The standard InChI is InChI=1S/C27H20N6O7/c34-23-11-9-19(13-21(23)25(36)37)32-30-17-5-1-15(2-6-17)28-27(40)29-16-3-7-18(8-4-16)31-33-20-10-12-24(35)22(14-20)26(38)39/h1-14,34-35H,(H,36,37)(H,38,39)(H2,28,29,40)/p-2. The van der Waals surface area contributed by atoms with Crippen LogP contribution in [0.15, 0.2) is 105 Å². The van der Waals surface area contributed by atoms with Crippen LogP contribution >= 0.6 is 0 Å². The van der Waals surface area contributed by atoms with Crippen LogP contribution in [0.3, 0.4) is 0 Å². The first-order valence-electron chi connectivity index (χ1n) is 11.4. The van der Waals surface area contributed by atoms with Crippen LogP contribution in [0.25, 0.3) is 0 Å². The van der Waals surface area contributed by atoms with Crippen LogP contribution in [0.5, 0.6) is 11.5 Å². The molecule has 0 saturated heterocycles. The average Bonchev–Trinajstić information content (AvgIpc) is 2.93. The van der Waals surface area contributed by atoms with Crippen molar-refractivity contribution in [2.45, 2.75) is 0 Å². The highest BCUT2D eigenvalue weighted by molar-refractivity contribution is 5.99. The van der Waals surface area contributed by atoms with Gasteiger partial charge in [-0.15, -0.1) is 0 Å². The van der Waals surface area contributed by atoms with Gasteiger partial charge >= 0.3 is 6.03 Å². The second kappa shape index (κ2) is 12.0. The van der Waals surface area contributed by atoms with E-state index >= 15 is 0 Å². The largest absolute Gasteiger partial charge is 0.545 e. The van der Waals surface area contributed by atoms with Crippen LogP contribution in [-0.4, -0.2) is 28.2 Å². The molecule has 40 heavy (non-hydrogen) atoms. The molecule has 0 aliphatic rings. The SMILES string of the molecule is O=C(Nc1ccc(N=Nc2ccc(O)c(C(=O)[O-])c2)cc1)Nc1ccc(N=Nc2ccc(O)c(C(=O)[O-])c2)cc1. The molecular formula is C27H18N6O7-2. The maximum atomic E-state index is 12.3. The minimum atomic E-state index is -1.54. The molecule has 13 heteroatoms. The summed E-state index contributed by atoms with van der Waals surface area (Å²) in [4.78, 5) is 34.4. The van der Waals surface area contributed by atoms with Gasteiger partial charge in [0.05, 0.1) is 34.7 Å². The molecule has 13 nitrogen and oxygen atoms in total. The van der Waals surface area contributed by atoms with Crippen LogP contribution in [-0.2, 0) is 0 Å². The van der Waals surface area contributed by atoms with Gasteiger partial charge in [0, 0.05) is 22.5 Å². The number of carbonyl (C=O) groups is 3. The topological polar surface area (TPSA) is 211 Å². The summed E-state index contributed by atoms with van der Waals surface area (Å²) in [6.45, 7) is 0. The van der Waals surface area contributed by atoms with Gasteiger partial charge < -0.3 is 40.6 Å². The van der Waals surface area contributed by atoms with E-state index in [2.05, 4.69) is 31.1 Å². The van der Waals surface area contributed by atoms with Crippen LogP contribution < -0.4 is 20.8 Å². The number of aromatic hydroxyl groups is 2. The van der Waals surface area contributed by atoms with Crippen LogP contribution in [0.4, 0.5) is 38.9 Å². The van der Waals surface area contributed by atoms with Crippen molar-refractivity contribution in [1.29, 1.82) is 0 Å². The monoisotopic (exact) mass is 538 g/mol. The van der Waals surface area contributed by atoms with E-state index in [0.717, 1.165) is 12.1 Å². The summed E-state index contributed by atoms with van der Waals surface area (Å²) in [6.07, 6.45) is 0. The molecule has 0 fully saturated rings. The van der Waals surface area contributed by atoms with Gasteiger partial charge in [0.1, 0.15) is 11.5 Å². The number of rotatable bonds is 8. The van der Waals surface area contributed by atoms with Crippen molar-refractivity contribution < 1.29 is 34.8 Å². The van der Waals surface area contributed by atoms with E-state index in [1.54, 1.807) is 48.5 Å². The molecule has 4 aromatic carbocycles. The van der Waals surface area contributed by atoms with Gasteiger partial charge in [-0.05, 0) is 84.9 Å². The third kappa shape index (κ3) is 7.01. The Kier molecular flexibility index (Phi) is 8.05. The Bertz CT molecular complexity index is 1510. The number of phenols is 2. The lowest BCUT2D eigenvalue weighted by Crippen LogP contribution is -2.22. The van der Waals surface area contributed by atoms with E-state index < -0.39 is 40.6 Å². The number of urea groups is 1. The highest BCUT2D eigenvalue weighted by atomic mass is 16.4. The average molecular weight is 538 g/mol. The lowest BCUT2D eigenvalue weighted by molar-refractivity contribution is -0.256. The molecular weight excluding hydrogens is 520 g/mol. The number of benzene rings is 4. The molecule has 0 spiro atoms. The summed E-state index contributed by atoms with van der Waals surface area (Å²) in [5.74, 6) is -3.94. The van der Waals surface area contributed by atoms with E-state index in [1.807, 2.05) is 0 Å². The lowest BCUT2D eigenvalue weighted by atomic mass is 10.2. The third-order valence-corrected chi connectivity index (χ3v) is 5.21. The first-order chi connectivity index (χ1) is 19.2.